The van der Waals surface area contributed by atoms with Crippen molar-refractivity contribution in [1.29, 1.82) is 0 Å². The summed E-state index contributed by atoms with van der Waals surface area (Å²) >= 11 is 0. The number of carbonyl (C=O) groups is 3. The van der Waals surface area contributed by atoms with Crippen molar-refractivity contribution in [2.24, 2.45) is 0 Å². The molecule has 0 unspecified atom stereocenters. The molecule has 110 valence electrons. The first-order valence-electron chi connectivity index (χ1n) is 5.93. The number of hydrogen-bond acceptors (Lipinski definition) is 5. The summed E-state index contributed by atoms with van der Waals surface area (Å²) in [5, 5.41) is 2.47. The molecule has 7 heteroatoms. The molecule has 7 nitrogen and oxygen atoms in total. The van der Waals surface area contributed by atoms with E-state index in [1.807, 2.05) is 0 Å². The largest absolute Gasteiger partial charge is 0.468 e. The Morgan fingerprint density at radius 3 is 2.26 bits per heavy atom. The zero-order valence-electron chi connectivity index (χ0n) is 12.1. The monoisotopic (exact) mass is 274 g/mol. The molecule has 0 saturated heterocycles. The fourth-order valence-corrected chi connectivity index (χ4v) is 1.12. The van der Waals surface area contributed by atoms with Crippen molar-refractivity contribution in [3.63, 3.8) is 0 Å². The Hall–Kier alpha value is -1.79. The van der Waals surface area contributed by atoms with Crippen molar-refractivity contribution in [2.45, 2.75) is 32.8 Å². The van der Waals surface area contributed by atoms with E-state index in [0.717, 1.165) is 0 Å². The molecule has 0 bridgehead atoms. The molecule has 0 atom stereocenters. The minimum atomic E-state index is -0.574. The van der Waals surface area contributed by atoms with Crippen molar-refractivity contribution in [1.82, 2.24) is 10.2 Å². The quantitative estimate of drug-likeness (QED) is 0.739. The minimum Gasteiger partial charge on any atom is -0.468 e. The zero-order valence-corrected chi connectivity index (χ0v) is 12.1. The fourth-order valence-electron chi connectivity index (χ4n) is 1.12. The molecular weight excluding hydrogens is 252 g/mol. The summed E-state index contributed by atoms with van der Waals surface area (Å²) in [6.07, 6.45) is -0.483. The maximum absolute atomic E-state index is 11.6. The van der Waals surface area contributed by atoms with Crippen LogP contribution >= 0.6 is 0 Å². The molecule has 19 heavy (non-hydrogen) atoms. The van der Waals surface area contributed by atoms with Crippen molar-refractivity contribution in [3.05, 3.63) is 0 Å². The van der Waals surface area contributed by atoms with Gasteiger partial charge in [-0.05, 0) is 20.8 Å². The van der Waals surface area contributed by atoms with Crippen molar-refractivity contribution >= 4 is 18.0 Å². The van der Waals surface area contributed by atoms with Crippen LogP contribution in [-0.4, -0.2) is 55.7 Å². The lowest BCUT2D eigenvalue weighted by atomic mass is 10.2. The summed E-state index contributed by atoms with van der Waals surface area (Å²) in [7, 11) is 2.75. The van der Waals surface area contributed by atoms with Crippen LogP contribution in [0.3, 0.4) is 0 Å². The number of amides is 2. The third-order valence-corrected chi connectivity index (χ3v) is 2.03. The molecule has 0 fully saturated rings. The summed E-state index contributed by atoms with van der Waals surface area (Å²) in [6, 6.07) is 0. The molecule has 0 aromatic heterocycles. The molecule has 0 radical (unpaired) electrons. The van der Waals surface area contributed by atoms with Crippen LogP contribution in [-0.2, 0) is 19.1 Å². The highest BCUT2D eigenvalue weighted by molar-refractivity contribution is 5.82. The van der Waals surface area contributed by atoms with Gasteiger partial charge in [-0.3, -0.25) is 9.59 Å². The summed E-state index contributed by atoms with van der Waals surface area (Å²) in [6.45, 7) is 5.30. The molecule has 0 aromatic rings. The van der Waals surface area contributed by atoms with Crippen LogP contribution < -0.4 is 5.32 Å². The van der Waals surface area contributed by atoms with Gasteiger partial charge in [-0.1, -0.05) is 0 Å². The third-order valence-electron chi connectivity index (χ3n) is 2.03. The Kier molecular flexibility index (Phi) is 6.89. The van der Waals surface area contributed by atoms with Gasteiger partial charge in [-0.25, -0.2) is 4.79 Å². The van der Waals surface area contributed by atoms with Crippen LogP contribution in [0, 0.1) is 0 Å². The lowest BCUT2D eigenvalue weighted by Gasteiger charge is -2.20. The van der Waals surface area contributed by atoms with E-state index in [1.165, 1.54) is 19.1 Å². The normalized spacial score (nSPS) is 10.6. The lowest BCUT2D eigenvalue weighted by Crippen LogP contribution is -2.37. The second-order valence-corrected chi connectivity index (χ2v) is 5.00. The molecule has 0 rings (SSSR count). The Balaban J connectivity index is 3.91. The van der Waals surface area contributed by atoms with Crippen molar-refractivity contribution < 1.29 is 23.9 Å². The predicted molar refractivity (Wildman–Crippen MR) is 68.5 cm³/mol. The van der Waals surface area contributed by atoms with E-state index in [2.05, 4.69) is 10.1 Å². The summed E-state index contributed by atoms with van der Waals surface area (Å²) in [4.78, 5) is 35.1. The van der Waals surface area contributed by atoms with E-state index in [-0.39, 0.29) is 25.4 Å². The number of nitrogens with zero attached hydrogens (tertiary/aromatic N) is 1. The predicted octanol–water partition coefficient (Wildman–Crippen LogP) is 0.533. The van der Waals surface area contributed by atoms with Crippen molar-refractivity contribution in [3.8, 4) is 0 Å². The second kappa shape index (κ2) is 7.60. The summed E-state index contributed by atoms with van der Waals surface area (Å²) < 4.78 is 9.46. The Morgan fingerprint density at radius 1 is 1.21 bits per heavy atom. The Morgan fingerprint density at radius 2 is 1.79 bits per heavy atom. The van der Waals surface area contributed by atoms with Crippen LogP contribution in [0.5, 0.6) is 0 Å². The van der Waals surface area contributed by atoms with E-state index < -0.39 is 17.7 Å². The number of hydrogen-bond donors (Lipinski definition) is 1. The van der Waals surface area contributed by atoms with E-state index in [4.69, 9.17) is 4.74 Å². The Bertz CT molecular complexity index is 336. The molecule has 1 N–H and O–H groups in total. The number of methoxy groups -OCH3 is 1. The van der Waals surface area contributed by atoms with Gasteiger partial charge in [-0.15, -0.1) is 0 Å². The van der Waals surface area contributed by atoms with Crippen molar-refractivity contribution in [2.75, 3.05) is 27.2 Å². The van der Waals surface area contributed by atoms with Gasteiger partial charge >= 0.3 is 12.1 Å². The number of esters is 1. The fraction of sp³-hybridized carbons (Fsp3) is 0.750. The first kappa shape index (κ1) is 17.2. The molecule has 0 aliphatic heterocycles. The van der Waals surface area contributed by atoms with Gasteiger partial charge in [0, 0.05) is 20.0 Å². The van der Waals surface area contributed by atoms with Crippen LogP contribution in [0.25, 0.3) is 0 Å². The highest BCUT2D eigenvalue weighted by Crippen LogP contribution is 2.06. The number of likely N-dealkylation sites (N-methyl/N-ethyl adjacent to an activating group) is 1. The number of nitrogens with one attached hydrogen (secondary N) is 1. The minimum absolute atomic E-state index is 0.0900. The molecule has 0 spiro atoms. The molecule has 0 saturated carbocycles. The average molecular weight is 274 g/mol. The van der Waals surface area contributed by atoms with Gasteiger partial charge in [0.25, 0.3) is 0 Å². The maximum Gasteiger partial charge on any atom is 0.407 e. The first-order valence-corrected chi connectivity index (χ1v) is 5.93. The Labute approximate surface area is 113 Å². The van der Waals surface area contributed by atoms with E-state index in [0.29, 0.717) is 0 Å². The molecule has 0 aliphatic carbocycles. The second-order valence-electron chi connectivity index (χ2n) is 5.00. The van der Waals surface area contributed by atoms with Crippen LogP contribution in [0.15, 0.2) is 0 Å². The first-order chi connectivity index (χ1) is 8.65. The SMILES string of the molecule is COC(=O)CN(C)C(=O)CCNC(=O)OC(C)(C)C. The van der Waals surface area contributed by atoms with E-state index in [1.54, 1.807) is 20.8 Å². The molecule has 0 aliphatic rings. The average Bonchev–Trinajstić information content (AvgIpc) is 2.25. The topological polar surface area (TPSA) is 84.9 Å². The highest BCUT2D eigenvalue weighted by atomic mass is 16.6. The lowest BCUT2D eigenvalue weighted by molar-refractivity contribution is -0.146. The molecule has 2 amide bonds. The van der Waals surface area contributed by atoms with E-state index in [9.17, 15) is 14.4 Å². The summed E-state index contributed by atoms with van der Waals surface area (Å²) in [5.74, 6) is -0.752. The standard InChI is InChI=1S/C12H22N2O5/c1-12(2,3)19-11(17)13-7-6-9(15)14(4)8-10(16)18-5/h6-8H2,1-5H3,(H,13,17). The van der Waals surface area contributed by atoms with Gasteiger partial charge in [-0.2, -0.15) is 0 Å². The number of carbonyl (C=O) groups excluding carboxylic acids is 3. The van der Waals surface area contributed by atoms with Gasteiger partial charge in [0.1, 0.15) is 12.1 Å². The zero-order chi connectivity index (χ0) is 15.1. The number of rotatable bonds is 5. The molecule has 0 aromatic carbocycles. The smallest absolute Gasteiger partial charge is 0.407 e. The number of alkyl carbamates (subject to hydrolysis) is 1. The van der Waals surface area contributed by atoms with Gasteiger partial charge < -0.3 is 19.7 Å². The maximum atomic E-state index is 11.6. The van der Waals surface area contributed by atoms with E-state index >= 15 is 0 Å². The highest BCUT2D eigenvalue weighted by Gasteiger charge is 2.17. The van der Waals surface area contributed by atoms with Gasteiger partial charge in [0.2, 0.25) is 5.91 Å². The van der Waals surface area contributed by atoms with Gasteiger partial charge in [0.15, 0.2) is 0 Å². The van der Waals surface area contributed by atoms with Crippen LogP contribution in [0.2, 0.25) is 0 Å². The van der Waals surface area contributed by atoms with Gasteiger partial charge in [0.05, 0.1) is 7.11 Å². The summed E-state index contributed by atoms with van der Waals surface area (Å²) in [5.41, 5.74) is -0.574. The number of ether oxygens (including phenoxy) is 2. The molecule has 0 heterocycles. The molecular formula is C12H22N2O5. The third kappa shape index (κ3) is 8.87. The van der Waals surface area contributed by atoms with Crippen LogP contribution in [0.1, 0.15) is 27.2 Å². The van der Waals surface area contributed by atoms with Crippen LogP contribution in [0.4, 0.5) is 4.79 Å².